The molecule has 1 aliphatic rings. The molecule has 2 rings (SSSR count). The van der Waals surface area contributed by atoms with Gasteiger partial charge < -0.3 is 19.5 Å². The number of anilines is 2. The number of methoxy groups -OCH3 is 1. The van der Waals surface area contributed by atoms with Gasteiger partial charge >= 0.3 is 12.3 Å². The molecule has 2 N–H and O–H groups in total. The summed E-state index contributed by atoms with van der Waals surface area (Å²) >= 11 is 16.5. The second-order valence-electron chi connectivity index (χ2n) is 6.07. The quantitative estimate of drug-likeness (QED) is 0.611. The van der Waals surface area contributed by atoms with E-state index in [2.05, 4.69) is 5.32 Å². The van der Waals surface area contributed by atoms with Crippen molar-refractivity contribution in [3.05, 3.63) is 17.7 Å². The Morgan fingerprint density at radius 2 is 1.89 bits per heavy atom. The lowest BCUT2D eigenvalue weighted by atomic mass is 10.0. The van der Waals surface area contributed by atoms with Gasteiger partial charge in [-0.15, -0.1) is 0 Å². The van der Waals surface area contributed by atoms with Crippen LogP contribution in [0.2, 0.25) is 0 Å². The molecule has 158 valence electrons. The molecule has 0 spiro atoms. The number of aliphatic hydroxyl groups excluding tert-OH is 1. The molecule has 1 unspecified atom stereocenters. The zero-order chi connectivity index (χ0) is 21.1. The van der Waals surface area contributed by atoms with Crippen LogP contribution in [0.4, 0.5) is 29.3 Å². The molecule has 6 nitrogen and oxygen atoms in total. The van der Waals surface area contributed by atoms with E-state index >= 15 is 0 Å². The third-order valence-corrected chi connectivity index (χ3v) is 4.31. The van der Waals surface area contributed by atoms with E-state index in [9.17, 15) is 23.1 Å². The summed E-state index contributed by atoms with van der Waals surface area (Å²) in [5.41, 5.74) is -0.246. The first-order valence-corrected chi connectivity index (χ1v) is 9.28. The molecule has 0 bridgehead atoms. The summed E-state index contributed by atoms with van der Waals surface area (Å²) < 4.78 is 47.3. The van der Waals surface area contributed by atoms with Gasteiger partial charge in [0.25, 0.3) is 0 Å². The maximum atomic E-state index is 13.1. The fourth-order valence-electron chi connectivity index (χ4n) is 2.79. The number of rotatable bonds is 5. The van der Waals surface area contributed by atoms with Crippen LogP contribution in [0.5, 0.6) is 5.75 Å². The van der Waals surface area contributed by atoms with Crippen molar-refractivity contribution < 1.29 is 32.5 Å². The number of nitrogens with one attached hydrogen (secondary N) is 1. The van der Waals surface area contributed by atoms with Crippen LogP contribution in [0.25, 0.3) is 0 Å². The minimum atomic E-state index is -4.93. The van der Waals surface area contributed by atoms with Crippen molar-refractivity contribution >= 4 is 52.3 Å². The largest absolute Gasteiger partial charge is 0.494 e. The Balaban J connectivity index is 2.41. The number of carbonyl (C=O) groups is 1. The Kier molecular flexibility index (Phi) is 7.41. The summed E-state index contributed by atoms with van der Waals surface area (Å²) in [7, 11) is 1.12. The summed E-state index contributed by atoms with van der Waals surface area (Å²) in [6.45, 7) is 0.686. The van der Waals surface area contributed by atoms with Crippen LogP contribution in [0.3, 0.4) is 0 Å². The lowest BCUT2D eigenvalue weighted by Crippen LogP contribution is -2.25. The Morgan fingerprint density at radius 3 is 2.39 bits per heavy atom. The van der Waals surface area contributed by atoms with E-state index in [4.69, 9.17) is 44.3 Å². The second-order valence-corrected chi connectivity index (χ2v) is 8.59. The minimum absolute atomic E-state index is 0.112. The summed E-state index contributed by atoms with van der Waals surface area (Å²) in [5.74, 6) is -0.349. The van der Waals surface area contributed by atoms with E-state index in [0.717, 1.165) is 20.0 Å². The molecule has 1 fully saturated rings. The SMILES string of the molecule is COc1c(NC(=O)OCC(Cl)(Cl)Cl)cc(N2CCCC2)cc1C(O)C(F)(F)F. The van der Waals surface area contributed by atoms with E-state index in [0.29, 0.717) is 18.8 Å². The zero-order valence-electron chi connectivity index (χ0n) is 14.7. The highest BCUT2D eigenvalue weighted by Crippen LogP contribution is 2.43. The first-order chi connectivity index (χ1) is 12.9. The average Bonchev–Trinajstić information content (AvgIpc) is 3.12. The van der Waals surface area contributed by atoms with E-state index in [1.165, 1.54) is 12.1 Å². The van der Waals surface area contributed by atoms with Crippen molar-refractivity contribution in [2.24, 2.45) is 0 Å². The van der Waals surface area contributed by atoms with Crippen molar-refractivity contribution in [1.82, 2.24) is 0 Å². The van der Waals surface area contributed by atoms with Crippen LogP contribution in [-0.4, -0.2) is 48.0 Å². The molecule has 0 saturated carbocycles. The maximum Gasteiger partial charge on any atom is 0.418 e. The van der Waals surface area contributed by atoms with Crippen LogP contribution in [-0.2, 0) is 4.74 Å². The lowest BCUT2D eigenvalue weighted by molar-refractivity contribution is -0.207. The number of amides is 1. The molecule has 0 aliphatic carbocycles. The van der Waals surface area contributed by atoms with E-state index in [-0.39, 0.29) is 11.4 Å². The van der Waals surface area contributed by atoms with Gasteiger partial charge in [-0.3, -0.25) is 5.32 Å². The van der Waals surface area contributed by atoms with Gasteiger partial charge in [0.15, 0.2) is 6.10 Å². The van der Waals surface area contributed by atoms with Crippen LogP contribution in [0.1, 0.15) is 24.5 Å². The number of hydrogen-bond acceptors (Lipinski definition) is 5. The number of nitrogens with zero attached hydrogens (tertiary/aromatic N) is 1. The highest BCUT2D eigenvalue weighted by molar-refractivity contribution is 6.67. The molecular weight excluding hydrogens is 448 g/mol. The van der Waals surface area contributed by atoms with Crippen molar-refractivity contribution in [1.29, 1.82) is 0 Å². The Labute approximate surface area is 174 Å². The van der Waals surface area contributed by atoms with Gasteiger partial charge in [-0.25, -0.2) is 4.79 Å². The van der Waals surface area contributed by atoms with Gasteiger partial charge in [0, 0.05) is 24.3 Å². The third kappa shape index (κ3) is 6.10. The van der Waals surface area contributed by atoms with Gasteiger partial charge in [-0.2, -0.15) is 13.2 Å². The summed E-state index contributed by atoms with van der Waals surface area (Å²) in [6.07, 6.45) is -7.04. The standard InChI is InChI=1S/C16H18Cl3F3N2O4/c1-27-12-10(13(25)16(20,21)22)6-9(24-4-2-3-5-24)7-11(12)23-14(26)28-8-15(17,18)19/h6-7,13,25H,2-5,8H2,1H3,(H,23,26). The molecule has 1 aliphatic heterocycles. The smallest absolute Gasteiger partial charge is 0.418 e. The summed E-state index contributed by atoms with van der Waals surface area (Å²) in [6, 6.07) is 2.63. The van der Waals surface area contributed by atoms with Crippen molar-refractivity contribution in [2.45, 2.75) is 28.9 Å². The highest BCUT2D eigenvalue weighted by atomic mass is 35.6. The highest BCUT2D eigenvalue weighted by Gasteiger charge is 2.42. The van der Waals surface area contributed by atoms with Crippen molar-refractivity contribution in [3.8, 4) is 5.75 Å². The van der Waals surface area contributed by atoms with Crippen molar-refractivity contribution in [2.75, 3.05) is 37.0 Å². The molecule has 28 heavy (non-hydrogen) atoms. The summed E-state index contributed by atoms with van der Waals surface area (Å²) in [5, 5.41) is 12.1. The zero-order valence-corrected chi connectivity index (χ0v) is 16.9. The van der Waals surface area contributed by atoms with Crippen LogP contribution in [0, 0.1) is 0 Å². The van der Waals surface area contributed by atoms with Crippen molar-refractivity contribution in [3.63, 3.8) is 0 Å². The fraction of sp³-hybridized carbons (Fsp3) is 0.562. The third-order valence-electron chi connectivity index (χ3n) is 3.99. The predicted molar refractivity (Wildman–Crippen MR) is 101 cm³/mol. The molecule has 0 aromatic heterocycles. The topological polar surface area (TPSA) is 71.0 Å². The number of halogens is 6. The second kappa shape index (κ2) is 9.02. The molecule has 1 atom stereocenters. The van der Waals surface area contributed by atoms with Gasteiger partial charge in [0.05, 0.1) is 12.8 Å². The predicted octanol–water partition coefficient (Wildman–Crippen LogP) is 4.81. The van der Waals surface area contributed by atoms with Crippen LogP contribution >= 0.6 is 34.8 Å². The number of ether oxygens (including phenoxy) is 2. The first kappa shape index (κ1) is 23.0. The van der Waals surface area contributed by atoms with E-state index in [1.54, 1.807) is 0 Å². The fourth-order valence-corrected chi connectivity index (χ4v) is 2.95. The number of benzene rings is 1. The Hall–Kier alpha value is -1.29. The Morgan fingerprint density at radius 1 is 1.29 bits per heavy atom. The number of aliphatic hydroxyl groups is 1. The molecule has 0 radical (unpaired) electrons. The van der Waals surface area contributed by atoms with Gasteiger partial charge in [0.1, 0.15) is 12.4 Å². The molecular formula is C16H18Cl3F3N2O4. The maximum absolute atomic E-state index is 13.1. The number of hydrogen-bond donors (Lipinski definition) is 2. The lowest BCUT2D eigenvalue weighted by Gasteiger charge is -2.25. The van der Waals surface area contributed by atoms with E-state index < -0.39 is 34.3 Å². The number of alkyl halides is 6. The number of carbonyl (C=O) groups excluding carboxylic acids is 1. The minimum Gasteiger partial charge on any atom is -0.494 e. The van der Waals surface area contributed by atoms with E-state index in [1.807, 2.05) is 4.90 Å². The normalized spacial score (nSPS) is 16.1. The average molecular weight is 466 g/mol. The monoisotopic (exact) mass is 464 g/mol. The molecule has 1 amide bonds. The first-order valence-electron chi connectivity index (χ1n) is 8.14. The van der Waals surface area contributed by atoms with Gasteiger partial charge in [-0.05, 0) is 25.0 Å². The molecule has 1 heterocycles. The van der Waals surface area contributed by atoms with Crippen LogP contribution < -0.4 is 15.0 Å². The molecule has 1 aromatic carbocycles. The Bertz CT molecular complexity index is 708. The molecule has 12 heteroatoms. The molecule has 1 aromatic rings. The van der Waals surface area contributed by atoms with Gasteiger partial charge in [0.2, 0.25) is 3.79 Å². The van der Waals surface area contributed by atoms with Crippen LogP contribution in [0.15, 0.2) is 12.1 Å². The van der Waals surface area contributed by atoms with Gasteiger partial charge in [-0.1, -0.05) is 34.8 Å². The summed E-state index contributed by atoms with van der Waals surface area (Å²) in [4.78, 5) is 13.8. The molecule has 1 saturated heterocycles.